The Morgan fingerprint density at radius 1 is 1.47 bits per heavy atom. The van der Waals surface area contributed by atoms with Gasteiger partial charge < -0.3 is 15.7 Å². The molecule has 3 N–H and O–H groups in total. The van der Waals surface area contributed by atoms with E-state index in [1.807, 2.05) is 13.8 Å². The number of hydrogen-bond donors (Lipinski definition) is 3. The van der Waals surface area contributed by atoms with Gasteiger partial charge in [0.1, 0.15) is 0 Å². The van der Waals surface area contributed by atoms with E-state index < -0.39 is 6.10 Å². The maximum absolute atomic E-state index is 11.3. The van der Waals surface area contributed by atoms with Crippen LogP contribution in [0.2, 0.25) is 0 Å². The Morgan fingerprint density at radius 2 is 2.13 bits per heavy atom. The predicted octanol–water partition coefficient (Wildman–Crippen LogP) is 0.262. The van der Waals surface area contributed by atoms with Crippen LogP contribution in [0.15, 0.2) is 0 Å². The summed E-state index contributed by atoms with van der Waals surface area (Å²) in [7, 11) is 0. The summed E-state index contributed by atoms with van der Waals surface area (Å²) >= 11 is 0. The summed E-state index contributed by atoms with van der Waals surface area (Å²) in [4.78, 5) is 11.3. The van der Waals surface area contributed by atoms with E-state index in [1.54, 1.807) is 0 Å². The van der Waals surface area contributed by atoms with Crippen molar-refractivity contribution in [1.29, 1.82) is 0 Å². The normalized spacial score (nSPS) is 17.9. The zero-order valence-electron chi connectivity index (χ0n) is 9.62. The van der Waals surface area contributed by atoms with Crippen LogP contribution >= 0.6 is 0 Å². The molecule has 0 aliphatic heterocycles. The first-order valence-electron chi connectivity index (χ1n) is 5.77. The van der Waals surface area contributed by atoms with Gasteiger partial charge in [-0.15, -0.1) is 0 Å². The summed E-state index contributed by atoms with van der Waals surface area (Å²) in [5.41, 5.74) is 0. The Morgan fingerprint density at radius 3 is 2.67 bits per heavy atom. The summed E-state index contributed by atoms with van der Waals surface area (Å²) in [5.74, 6) is 0.206. The number of carbonyl (C=O) groups excluding carboxylic acids is 1. The van der Waals surface area contributed by atoms with Gasteiger partial charge in [0.25, 0.3) is 0 Å². The number of aliphatic hydroxyl groups excluding tert-OH is 1. The lowest BCUT2D eigenvalue weighted by Gasteiger charge is -2.15. The molecule has 1 atom stereocenters. The molecular weight excluding hydrogens is 192 g/mol. The van der Waals surface area contributed by atoms with Gasteiger partial charge in [-0.1, -0.05) is 13.8 Å². The van der Waals surface area contributed by atoms with E-state index in [9.17, 15) is 9.90 Å². The highest BCUT2D eigenvalue weighted by Gasteiger charge is 2.20. The molecule has 4 nitrogen and oxygen atoms in total. The first-order chi connectivity index (χ1) is 7.09. The summed E-state index contributed by atoms with van der Waals surface area (Å²) < 4.78 is 0. The van der Waals surface area contributed by atoms with Crippen molar-refractivity contribution in [3.05, 3.63) is 0 Å². The molecule has 0 spiro atoms. The first kappa shape index (κ1) is 12.5. The maximum Gasteiger partial charge on any atom is 0.221 e. The van der Waals surface area contributed by atoms with Crippen LogP contribution < -0.4 is 10.6 Å². The van der Waals surface area contributed by atoms with Crippen molar-refractivity contribution in [3.63, 3.8) is 0 Å². The Kier molecular flexibility index (Phi) is 5.05. The average molecular weight is 214 g/mol. The fourth-order valence-corrected chi connectivity index (χ4v) is 1.22. The summed E-state index contributed by atoms with van der Waals surface area (Å²) in [5, 5.41) is 15.5. The van der Waals surface area contributed by atoms with Gasteiger partial charge in [0.2, 0.25) is 5.91 Å². The molecule has 0 radical (unpaired) electrons. The van der Waals surface area contributed by atoms with Crippen molar-refractivity contribution in [2.75, 3.05) is 13.1 Å². The van der Waals surface area contributed by atoms with Crippen LogP contribution in [0.25, 0.3) is 0 Å². The van der Waals surface area contributed by atoms with E-state index >= 15 is 0 Å². The van der Waals surface area contributed by atoms with E-state index in [0.29, 0.717) is 19.0 Å². The van der Waals surface area contributed by atoms with Crippen LogP contribution in [0.3, 0.4) is 0 Å². The minimum atomic E-state index is -0.439. The lowest BCUT2D eigenvalue weighted by Crippen LogP contribution is -2.36. The van der Waals surface area contributed by atoms with E-state index in [0.717, 1.165) is 6.54 Å². The van der Waals surface area contributed by atoms with Gasteiger partial charge in [0, 0.05) is 25.6 Å². The number of hydrogen-bond acceptors (Lipinski definition) is 3. The van der Waals surface area contributed by atoms with E-state index in [4.69, 9.17) is 0 Å². The van der Waals surface area contributed by atoms with Crippen molar-refractivity contribution >= 4 is 5.91 Å². The molecule has 4 heteroatoms. The molecule has 0 heterocycles. The number of nitrogens with one attached hydrogen (secondary N) is 2. The van der Waals surface area contributed by atoms with Gasteiger partial charge in [-0.3, -0.25) is 4.79 Å². The number of amides is 1. The molecule has 15 heavy (non-hydrogen) atoms. The molecule has 1 aliphatic carbocycles. The van der Waals surface area contributed by atoms with Crippen molar-refractivity contribution in [2.45, 2.75) is 45.3 Å². The van der Waals surface area contributed by atoms with Gasteiger partial charge in [0.05, 0.1) is 6.10 Å². The van der Waals surface area contributed by atoms with Crippen LogP contribution in [0, 0.1) is 5.92 Å². The second-order valence-corrected chi connectivity index (χ2v) is 4.59. The van der Waals surface area contributed by atoms with Gasteiger partial charge in [-0.05, 0) is 18.8 Å². The third-order valence-electron chi connectivity index (χ3n) is 2.64. The smallest absolute Gasteiger partial charge is 0.221 e. The molecule has 1 fully saturated rings. The first-order valence-corrected chi connectivity index (χ1v) is 5.77. The predicted molar refractivity (Wildman–Crippen MR) is 59.5 cm³/mol. The highest BCUT2D eigenvalue weighted by atomic mass is 16.3. The van der Waals surface area contributed by atoms with Gasteiger partial charge in [-0.25, -0.2) is 0 Å². The highest BCUT2D eigenvalue weighted by Crippen LogP contribution is 2.18. The van der Waals surface area contributed by atoms with E-state index in [1.165, 1.54) is 12.8 Å². The molecule has 0 saturated heterocycles. The highest BCUT2D eigenvalue weighted by molar-refractivity contribution is 5.76. The third kappa shape index (κ3) is 5.74. The minimum Gasteiger partial charge on any atom is -0.391 e. The average Bonchev–Trinajstić information content (AvgIpc) is 2.97. The molecule has 0 aromatic carbocycles. The Bertz CT molecular complexity index is 203. The Balaban J connectivity index is 1.96. The largest absolute Gasteiger partial charge is 0.391 e. The molecule has 0 aromatic heterocycles. The molecule has 1 rings (SSSR count). The second-order valence-electron chi connectivity index (χ2n) is 4.59. The molecule has 1 unspecified atom stereocenters. The SMILES string of the molecule is CC(C)C(O)CNC(=O)CCNC1CC1. The monoisotopic (exact) mass is 214 g/mol. The molecule has 1 saturated carbocycles. The molecule has 0 aromatic rings. The lowest BCUT2D eigenvalue weighted by atomic mass is 10.1. The fraction of sp³-hybridized carbons (Fsp3) is 0.909. The van der Waals surface area contributed by atoms with Gasteiger partial charge in [0.15, 0.2) is 0 Å². The minimum absolute atomic E-state index is 0.0165. The Hall–Kier alpha value is -0.610. The third-order valence-corrected chi connectivity index (χ3v) is 2.64. The lowest BCUT2D eigenvalue weighted by molar-refractivity contribution is -0.121. The van der Waals surface area contributed by atoms with Gasteiger partial charge >= 0.3 is 0 Å². The van der Waals surface area contributed by atoms with Crippen LogP contribution in [-0.4, -0.2) is 36.2 Å². The van der Waals surface area contributed by atoms with Crippen LogP contribution in [0.4, 0.5) is 0 Å². The van der Waals surface area contributed by atoms with Crippen LogP contribution in [-0.2, 0) is 4.79 Å². The number of rotatable bonds is 7. The molecule has 0 bridgehead atoms. The maximum atomic E-state index is 11.3. The van der Waals surface area contributed by atoms with E-state index in [2.05, 4.69) is 10.6 Å². The van der Waals surface area contributed by atoms with E-state index in [-0.39, 0.29) is 11.8 Å². The summed E-state index contributed by atoms with van der Waals surface area (Å²) in [6, 6.07) is 0.652. The molecule has 88 valence electrons. The number of aliphatic hydroxyl groups is 1. The quantitative estimate of drug-likeness (QED) is 0.570. The number of carbonyl (C=O) groups is 1. The van der Waals surface area contributed by atoms with Crippen molar-refractivity contribution in [2.24, 2.45) is 5.92 Å². The second kappa shape index (κ2) is 6.08. The zero-order chi connectivity index (χ0) is 11.3. The Labute approximate surface area is 91.4 Å². The molecular formula is C11H22N2O2. The molecule has 1 aliphatic rings. The molecule has 1 amide bonds. The van der Waals surface area contributed by atoms with Crippen LogP contribution in [0.5, 0.6) is 0 Å². The standard InChI is InChI=1S/C11H22N2O2/c1-8(2)10(14)7-13-11(15)5-6-12-9-3-4-9/h8-10,12,14H,3-7H2,1-2H3,(H,13,15). The fourth-order valence-electron chi connectivity index (χ4n) is 1.22. The topological polar surface area (TPSA) is 61.4 Å². The van der Waals surface area contributed by atoms with Crippen LogP contribution in [0.1, 0.15) is 33.1 Å². The van der Waals surface area contributed by atoms with Crippen molar-refractivity contribution in [3.8, 4) is 0 Å². The van der Waals surface area contributed by atoms with Crippen molar-refractivity contribution in [1.82, 2.24) is 10.6 Å². The summed E-state index contributed by atoms with van der Waals surface area (Å²) in [6.45, 7) is 4.98. The van der Waals surface area contributed by atoms with Crippen molar-refractivity contribution < 1.29 is 9.90 Å². The van der Waals surface area contributed by atoms with Gasteiger partial charge in [-0.2, -0.15) is 0 Å². The zero-order valence-corrected chi connectivity index (χ0v) is 9.62. The summed E-state index contributed by atoms with van der Waals surface area (Å²) in [6.07, 6.45) is 2.55.